The third-order valence-corrected chi connectivity index (χ3v) is 3.80. The maximum absolute atomic E-state index is 5.87. The number of hydrogen-bond donors (Lipinski definition) is 1. The molecule has 21 heavy (non-hydrogen) atoms. The van der Waals surface area contributed by atoms with Crippen LogP contribution < -0.4 is 10.1 Å². The smallest absolute Gasteiger partial charge is 0.213 e. The fourth-order valence-corrected chi connectivity index (χ4v) is 2.20. The summed E-state index contributed by atoms with van der Waals surface area (Å²) in [5.74, 6) is 0.783. The van der Waals surface area contributed by atoms with E-state index in [1.807, 2.05) is 0 Å². The summed E-state index contributed by atoms with van der Waals surface area (Å²) in [6.45, 7) is 10.5. The Morgan fingerprint density at radius 2 is 2.00 bits per heavy atom. The second-order valence-electron chi connectivity index (χ2n) is 7.16. The third-order valence-electron chi connectivity index (χ3n) is 3.80. The van der Waals surface area contributed by atoms with Gasteiger partial charge in [-0.1, -0.05) is 40.5 Å². The van der Waals surface area contributed by atoms with Crippen LogP contribution >= 0.6 is 0 Å². The molecule has 1 fully saturated rings. The predicted molar refractivity (Wildman–Crippen MR) is 87.8 cm³/mol. The Morgan fingerprint density at radius 1 is 1.24 bits per heavy atom. The molecular weight excluding hydrogens is 260 g/mol. The molecule has 1 aromatic rings. The van der Waals surface area contributed by atoms with E-state index in [9.17, 15) is 0 Å². The Hall–Kier alpha value is -1.09. The largest absolute Gasteiger partial charge is 0.478 e. The molecule has 3 heteroatoms. The van der Waals surface area contributed by atoms with Gasteiger partial charge in [0.05, 0.1) is 12.3 Å². The highest BCUT2D eigenvalue weighted by Crippen LogP contribution is 2.25. The topological polar surface area (TPSA) is 34.1 Å². The molecule has 1 saturated carbocycles. The average molecular weight is 290 g/mol. The lowest BCUT2D eigenvalue weighted by molar-refractivity contribution is 0.292. The van der Waals surface area contributed by atoms with E-state index in [2.05, 4.69) is 45.1 Å². The number of nitrogens with one attached hydrogen (secondary N) is 1. The van der Waals surface area contributed by atoms with E-state index < -0.39 is 0 Å². The summed E-state index contributed by atoms with van der Waals surface area (Å²) >= 11 is 0. The van der Waals surface area contributed by atoms with Crippen molar-refractivity contribution in [3.8, 4) is 5.88 Å². The molecule has 0 aliphatic heterocycles. The van der Waals surface area contributed by atoms with Gasteiger partial charge in [0.25, 0.3) is 0 Å². The first-order valence-electron chi connectivity index (χ1n) is 8.36. The Kier molecular flexibility index (Phi) is 5.63. The van der Waals surface area contributed by atoms with Gasteiger partial charge in [-0.05, 0) is 30.9 Å². The van der Waals surface area contributed by atoms with Gasteiger partial charge >= 0.3 is 0 Å². The molecule has 0 saturated heterocycles. The molecule has 1 heterocycles. The van der Waals surface area contributed by atoms with Crippen LogP contribution in [0.15, 0.2) is 12.1 Å². The van der Waals surface area contributed by atoms with Crippen molar-refractivity contribution in [2.45, 2.75) is 77.8 Å². The molecule has 2 rings (SSSR count). The molecule has 0 spiro atoms. The van der Waals surface area contributed by atoms with E-state index in [0.717, 1.165) is 37.2 Å². The summed E-state index contributed by atoms with van der Waals surface area (Å²) in [5.41, 5.74) is 2.45. The van der Waals surface area contributed by atoms with E-state index in [4.69, 9.17) is 9.72 Å². The minimum absolute atomic E-state index is 0.0527. The highest BCUT2D eigenvalue weighted by molar-refractivity contribution is 5.28. The molecule has 118 valence electrons. The molecule has 1 N–H and O–H groups in total. The van der Waals surface area contributed by atoms with Crippen LogP contribution in [0.4, 0.5) is 0 Å². The number of pyridine rings is 1. The van der Waals surface area contributed by atoms with Crippen LogP contribution in [-0.2, 0) is 12.0 Å². The van der Waals surface area contributed by atoms with Gasteiger partial charge in [-0.2, -0.15) is 0 Å². The van der Waals surface area contributed by atoms with Crippen molar-refractivity contribution in [1.29, 1.82) is 0 Å². The van der Waals surface area contributed by atoms with Crippen LogP contribution in [0.5, 0.6) is 5.88 Å². The number of ether oxygens (including phenoxy) is 1. The zero-order chi connectivity index (χ0) is 15.3. The molecule has 0 aromatic carbocycles. The normalized spacial score (nSPS) is 15.2. The SMILES string of the molecule is CCCCCOc1cc(CNC2CC2)cc(C(C)(C)C)n1. The number of rotatable bonds is 8. The maximum Gasteiger partial charge on any atom is 0.213 e. The van der Waals surface area contributed by atoms with Crippen LogP contribution in [-0.4, -0.2) is 17.6 Å². The standard InChI is InChI=1S/C18H30N2O/c1-5-6-7-10-21-17-12-14(13-19-15-8-9-15)11-16(20-17)18(2,3)4/h11-12,15,19H,5-10,13H2,1-4H3. The molecule has 0 bridgehead atoms. The summed E-state index contributed by atoms with van der Waals surface area (Å²) in [5, 5.41) is 3.57. The fraction of sp³-hybridized carbons (Fsp3) is 0.722. The van der Waals surface area contributed by atoms with Crippen molar-refractivity contribution in [1.82, 2.24) is 10.3 Å². The van der Waals surface area contributed by atoms with Crippen LogP contribution in [0.2, 0.25) is 0 Å². The van der Waals surface area contributed by atoms with Crippen molar-refractivity contribution in [2.24, 2.45) is 0 Å². The van der Waals surface area contributed by atoms with E-state index in [1.54, 1.807) is 0 Å². The van der Waals surface area contributed by atoms with Gasteiger partial charge in [0.2, 0.25) is 5.88 Å². The number of unbranched alkanes of at least 4 members (excludes halogenated alkanes) is 2. The number of nitrogens with zero attached hydrogens (tertiary/aromatic N) is 1. The first-order chi connectivity index (χ1) is 9.99. The van der Waals surface area contributed by atoms with Crippen molar-refractivity contribution < 1.29 is 4.74 Å². The molecule has 0 amide bonds. The van der Waals surface area contributed by atoms with E-state index in [-0.39, 0.29) is 5.41 Å². The molecule has 0 radical (unpaired) electrons. The summed E-state index contributed by atoms with van der Waals surface area (Å²) in [6, 6.07) is 5.04. The molecule has 0 atom stereocenters. The average Bonchev–Trinajstić information content (AvgIpc) is 3.24. The molecule has 1 aromatic heterocycles. The molecule has 0 unspecified atom stereocenters. The highest BCUT2D eigenvalue weighted by Gasteiger charge is 2.21. The van der Waals surface area contributed by atoms with Gasteiger partial charge in [-0.15, -0.1) is 0 Å². The van der Waals surface area contributed by atoms with Gasteiger partial charge in [-0.3, -0.25) is 0 Å². The zero-order valence-electron chi connectivity index (χ0n) is 14.0. The molecule has 1 aliphatic carbocycles. The molecular formula is C18H30N2O. The lowest BCUT2D eigenvalue weighted by Crippen LogP contribution is -2.18. The molecule has 1 aliphatic rings. The Bertz CT molecular complexity index is 447. The number of hydrogen-bond acceptors (Lipinski definition) is 3. The van der Waals surface area contributed by atoms with Crippen molar-refractivity contribution in [2.75, 3.05) is 6.61 Å². The third kappa shape index (κ3) is 5.66. The first kappa shape index (κ1) is 16.3. The van der Waals surface area contributed by atoms with Crippen molar-refractivity contribution in [3.05, 3.63) is 23.4 Å². The van der Waals surface area contributed by atoms with Gasteiger partial charge in [0.1, 0.15) is 0 Å². The van der Waals surface area contributed by atoms with Crippen LogP contribution in [0, 0.1) is 0 Å². The quantitative estimate of drug-likeness (QED) is 0.729. The zero-order valence-corrected chi connectivity index (χ0v) is 14.0. The molecule has 3 nitrogen and oxygen atoms in total. The Morgan fingerprint density at radius 3 is 2.62 bits per heavy atom. The Labute approximate surface area is 129 Å². The van der Waals surface area contributed by atoms with E-state index in [1.165, 1.54) is 31.2 Å². The van der Waals surface area contributed by atoms with Crippen molar-refractivity contribution >= 4 is 0 Å². The predicted octanol–water partition coefficient (Wildman–Crippen LogP) is 4.20. The van der Waals surface area contributed by atoms with E-state index >= 15 is 0 Å². The monoisotopic (exact) mass is 290 g/mol. The maximum atomic E-state index is 5.87. The van der Waals surface area contributed by atoms with Crippen LogP contribution in [0.3, 0.4) is 0 Å². The minimum Gasteiger partial charge on any atom is -0.478 e. The fourth-order valence-electron chi connectivity index (χ4n) is 2.20. The lowest BCUT2D eigenvalue weighted by atomic mass is 9.91. The Balaban J connectivity index is 2.03. The van der Waals surface area contributed by atoms with Crippen molar-refractivity contribution in [3.63, 3.8) is 0 Å². The van der Waals surface area contributed by atoms with Gasteiger partial charge in [0.15, 0.2) is 0 Å². The summed E-state index contributed by atoms with van der Waals surface area (Å²) in [4.78, 5) is 4.70. The highest BCUT2D eigenvalue weighted by atomic mass is 16.5. The minimum atomic E-state index is 0.0527. The van der Waals surface area contributed by atoms with Gasteiger partial charge < -0.3 is 10.1 Å². The van der Waals surface area contributed by atoms with Gasteiger partial charge in [0, 0.05) is 24.1 Å². The first-order valence-corrected chi connectivity index (χ1v) is 8.36. The summed E-state index contributed by atoms with van der Waals surface area (Å²) < 4.78 is 5.87. The summed E-state index contributed by atoms with van der Waals surface area (Å²) in [7, 11) is 0. The second-order valence-corrected chi connectivity index (χ2v) is 7.16. The van der Waals surface area contributed by atoms with Crippen LogP contribution in [0.1, 0.15) is 71.1 Å². The van der Waals surface area contributed by atoms with E-state index in [0.29, 0.717) is 0 Å². The van der Waals surface area contributed by atoms with Crippen LogP contribution in [0.25, 0.3) is 0 Å². The second kappa shape index (κ2) is 7.26. The lowest BCUT2D eigenvalue weighted by Gasteiger charge is -2.20. The summed E-state index contributed by atoms with van der Waals surface area (Å²) in [6.07, 6.45) is 6.17. The van der Waals surface area contributed by atoms with Gasteiger partial charge in [-0.25, -0.2) is 4.98 Å². The number of aromatic nitrogens is 1.